The minimum Gasteiger partial charge on any atom is -0.486 e. The first-order chi connectivity index (χ1) is 9.65. The maximum atomic E-state index is 10.9. The van der Waals surface area contributed by atoms with E-state index in [9.17, 15) is 4.79 Å². The molecule has 1 aromatic carbocycles. The second-order valence-electron chi connectivity index (χ2n) is 4.67. The number of nitrogens with zero attached hydrogens (tertiary/aromatic N) is 1. The third-order valence-electron chi connectivity index (χ3n) is 3.22. The normalized spacial score (nSPS) is 18.9. The Balaban J connectivity index is 1.74. The van der Waals surface area contributed by atoms with E-state index in [4.69, 9.17) is 20.9 Å². The molecule has 7 nitrogen and oxygen atoms in total. The highest BCUT2D eigenvalue weighted by Crippen LogP contribution is 2.38. The SMILES string of the molecule is NC(=O)[C@@H](N)C[CH][C@H]1COc2ccc3cn[nH]c3c2O1. The average Bonchev–Trinajstić information content (AvgIpc) is 2.93. The second-order valence-corrected chi connectivity index (χ2v) is 4.67. The molecule has 2 heterocycles. The Hall–Kier alpha value is -2.28. The van der Waals surface area contributed by atoms with Crippen LogP contribution in [-0.2, 0) is 4.79 Å². The number of carbonyl (C=O) groups excluding carboxylic acids is 1. The number of hydrogen-bond acceptors (Lipinski definition) is 5. The van der Waals surface area contributed by atoms with Crippen molar-refractivity contribution >= 4 is 16.8 Å². The molecule has 3 rings (SSSR count). The van der Waals surface area contributed by atoms with Gasteiger partial charge in [-0.15, -0.1) is 0 Å². The molecule has 0 saturated heterocycles. The molecule has 2 atom stereocenters. The minimum absolute atomic E-state index is 0.276. The zero-order chi connectivity index (χ0) is 14.1. The van der Waals surface area contributed by atoms with Crippen LogP contribution in [0.2, 0.25) is 0 Å². The van der Waals surface area contributed by atoms with Gasteiger partial charge in [0.25, 0.3) is 0 Å². The summed E-state index contributed by atoms with van der Waals surface area (Å²) >= 11 is 0. The largest absolute Gasteiger partial charge is 0.486 e. The Bertz CT molecular complexity index is 640. The summed E-state index contributed by atoms with van der Waals surface area (Å²) in [5, 5.41) is 7.81. The van der Waals surface area contributed by atoms with Crippen LogP contribution >= 0.6 is 0 Å². The Kier molecular flexibility index (Phi) is 3.19. The summed E-state index contributed by atoms with van der Waals surface area (Å²) < 4.78 is 11.5. The quantitative estimate of drug-likeness (QED) is 0.732. The molecule has 1 aromatic heterocycles. The molecular weight excluding hydrogens is 260 g/mol. The maximum absolute atomic E-state index is 10.9. The number of fused-ring (bicyclic) bond motifs is 3. The number of nitrogens with two attached hydrogens (primary N) is 2. The van der Waals surface area contributed by atoms with Crippen molar-refractivity contribution in [2.75, 3.05) is 6.61 Å². The average molecular weight is 275 g/mol. The summed E-state index contributed by atoms with van der Waals surface area (Å²) in [7, 11) is 0. The number of benzene rings is 1. The molecular formula is C13H15N4O3. The van der Waals surface area contributed by atoms with Gasteiger partial charge in [0, 0.05) is 11.8 Å². The lowest BCUT2D eigenvalue weighted by Crippen LogP contribution is -2.39. The lowest BCUT2D eigenvalue weighted by molar-refractivity contribution is -0.119. The van der Waals surface area contributed by atoms with E-state index in [1.807, 2.05) is 12.1 Å². The van der Waals surface area contributed by atoms with Crippen molar-refractivity contribution in [2.24, 2.45) is 11.5 Å². The number of aromatic amines is 1. The van der Waals surface area contributed by atoms with Gasteiger partial charge < -0.3 is 20.9 Å². The van der Waals surface area contributed by atoms with Crippen LogP contribution in [0.1, 0.15) is 6.42 Å². The molecule has 0 aliphatic carbocycles. The van der Waals surface area contributed by atoms with Crippen molar-refractivity contribution in [1.82, 2.24) is 10.2 Å². The van der Waals surface area contributed by atoms with E-state index >= 15 is 0 Å². The molecule has 0 spiro atoms. The fourth-order valence-electron chi connectivity index (χ4n) is 2.09. The monoisotopic (exact) mass is 275 g/mol. The van der Waals surface area contributed by atoms with Crippen LogP contribution in [0, 0.1) is 6.42 Å². The van der Waals surface area contributed by atoms with Gasteiger partial charge in [-0.05, 0) is 18.6 Å². The Morgan fingerprint density at radius 3 is 3.25 bits per heavy atom. The first-order valence-electron chi connectivity index (χ1n) is 6.29. The first kappa shape index (κ1) is 12.7. The number of H-pyrrole nitrogens is 1. The van der Waals surface area contributed by atoms with Gasteiger partial charge in [-0.2, -0.15) is 5.10 Å². The van der Waals surface area contributed by atoms with E-state index < -0.39 is 11.9 Å². The fraction of sp³-hybridized carbons (Fsp3) is 0.308. The van der Waals surface area contributed by atoms with Crippen molar-refractivity contribution in [2.45, 2.75) is 18.6 Å². The molecule has 1 aliphatic rings. The third kappa shape index (κ3) is 2.27. The molecule has 0 unspecified atom stereocenters. The molecule has 0 saturated carbocycles. The zero-order valence-corrected chi connectivity index (χ0v) is 10.7. The van der Waals surface area contributed by atoms with Gasteiger partial charge in [-0.3, -0.25) is 9.89 Å². The number of ether oxygens (including phenoxy) is 2. The third-order valence-corrected chi connectivity index (χ3v) is 3.22. The van der Waals surface area contributed by atoms with E-state index in [0.717, 1.165) is 10.9 Å². The second kappa shape index (κ2) is 5.01. The predicted octanol–water partition coefficient (Wildman–Crippen LogP) is 0.110. The minimum atomic E-state index is -0.706. The summed E-state index contributed by atoms with van der Waals surface area (Å²) in [5.74, 6) is 0.764. The van der Waals surface area contributed by atoms with Gasteiger partial charge in [-0.1, -0.05) is 0 Å². The topological polar surface area (TPSA) is 116 Å². The molecule has 1 radical (unpaired) electrons. The van der Waals surface area contributed by atoms with Crippen LogP contribution in [-0.4, -0.2) is 34.9 Å². The number of hydrogen-bond donors (Lipinski definition) is 3. The van der Waals surface area contributed by atoms with Gasteiger partial charge in [0.05, 0.1) is 12.2 Å². The van der Waals surface area contributed by atoms with E-state index in [1.165, 1.54) is 0 Å². The Labute approximate surface area is 115 Å². The molecule has 5 N–H and O–H groups in total. The summed E-state index contributed by atoms with van der Waals surface area (Å²) in [4.78, 5) is 10.9. The highest BCUT2D eigenvalue weighted by Gasteiger charge is 2.25. The first-order valence-corrected chi connectivity index (χ1v) is 6.29. The summed E-state index contributed by atoms with van der Waals surface area (Å²) in [6, 6.07) is 3.05. The number of rotatable bonds is 4. The van der Waals surface area contributed by atoms with Crippen LogP contribution in [0.5, 0.6) is 11.5 Å². The number of nitrogens with one attached hydrogen (secondary N) is 1. The molecule has 0 bridgehead atoms. The lowest BCUT2D eigenvalue weighted by Gasteiger charge is -2.27. The molecule has 1 aliphatic heterocycles. The van der Waals surface area contributed by atoms with Crippen molar-refractivity contribution in [3.8, 4) is 11.5 Å². The van der Waals surface area contributed by atoms with Crippen LogP contribution < -0.4 is 20.9 Å². The van der Waals surface area contributed by atoms with Crippen molar-refractivity contribution in [3.05, 3.63) is 24.8 Å². The van der Waals surface area contributed by atoms with E-state index in [0.29, 0.717) is 24.5 Å². The number of primary amides is 1. The van der Waals surface area contributed by atoms with Crippen LogP contribution in [0.3, 0.4) is 0 Å². The van der Waals surface area contributed by atoms with E-state index in [2.05, 4.69) is 10.2 Å². The van der Waals surface area contributed by atoms with Crippen molar-refractivity contribution in [3.63, 3.8) is 0 Å². The molecule has 1 amide bonds. The van der Waals surface area contributed by atoms with Gasteiger partial charge in [0.1, 0.15) is 18.2 Å². The lowest BCUT2D eigenvalue weighted by atomic mass is 10.1. The molecule has 7 heteroatoms. The summed E-state index contributed by atoms with van der Waals surface area (Å²) in [5.41, 5.74) is 11.5. The van der Waals surface area contributed by atoms with Crippen LogP contribution in [0.4, 0.5) is 0 Å². The highest BCUT2D eigenvalue weighted by atomic mass is 16.6. The standard InChI is InChI=1S/C13H15N4O3/c14-9(13(15)18)3-2-8-6-19-10-4-1-7-5-16-17-11(7)12(10)20-8/h1-2,4-5,8-9H,3,6,14H2,(H2,15,18)(H,16,17)/t8-,9-/m0/s1. The number of carbonyl (C=O) groups is 1. The Morgan fingerprint density at radius 2 is 2.45 bits per heavy atom. The van der Waals surface area contributed by atoms with E-state index in [1.54, 1.807) is 12.6 Å². The van der Waals surface area contributed by atoms with Gasteiger partial charge in [-0.25, -0.2) is 0 Å². The van der Waals surface area contributed by atoms with E-state index in [-0.39, 0.29) is 6.10 Å². The van der Waals surface area contributed by atoms with Crippen LogP contribution in [0.15, 0.2) is 18.3 Å². The van der Waals surface area contributed by atoms with Crippen molar-refractivity contribution in [1.29, 1.82) is 0 Å². The number of amides is 1. The highest BCUT2D eigenvalue weighted by molar-refractivity contribution is 5.87. The zero-order valence-electron chi connectivity index (χ0n) is 10.7. The van der Waals surface area contributed by atoms with Gasteiger partial charge >= 0.3 is 0 Å². The summed E-state index contributed by atoms with van der Waals surface area (Å²) in [6.45, 7) is 0.373. The Morgan fingerprint density at radius 1 is 1.60 bits per heavy atom. The summed E-state index contributed by atoms with van der Waals surface area (Å²) in [6.07, 6.45) is 3.59. The molecule has 105 valence electrons. The molecule has 20 heavy (non-hydrogen) atoms. The predicted molar refractivity (Wildman–Crippen MR) is 72.1 cm³/mol. The maximum Gasteiger partial charge on any atom is 0.234 e. The van der Waals surface area contributed by atoms with Gasteiger partial charge in [0.15, 0.2) is 11.5 Å². The van der Waals surface area contributed by atoms with Crippen LogP contribution in [0.25, 0.3) is 10.9 Å². The molecule has 2 aromatic rings. The van der Waals surface area contributed by atoms with Crippen molar-refractivity contribution < 1.29 is 14.3 Å². The smallest absolute Gasteiger partial charge is 0.234 e. The fourth-order valence-corrected chi connectivity index (χ4v) is 2.09. The van der Waals surface area contributed by atoms with Gasteiger partial charge in [0.2, 0.25) is 5.91 Å². The number of aromatic nitrogens is 2. The molecule has 0 fully saturated rings.